The van der Waals surface area contributed by atoms with Gasteiger partial charge in [-0.15, -0.1) is 24.3 Å². The molecule has 6 nitrogen and oxygen atoms in total. The summed E-state index contributed by atoms with van der Waals surface area (Å²) >= 11 is 0. The Labute approximate surface area is 211 Å². The van der Waals surface area contributed by atoms with E-state index in [1.165, 1.54) is 0 Å². The molecule has 0 N–H and O–H groups in total. The van der Waals surface area contributed by atoms with Crippen LogP contribution in [0.3, 0.4) is 0 Å². The number of aromatic nitrogens is 6. The molecule has 0 aliphatic carbocycles. The fraction of sp³-hybridized carbons (Fsp3) is 0.111. The van der Waals surface area contributed by atoms with Gasteiger partial charge in [-0.3, -0.25) is 19.9 Å². The van der Waals surface area contributed by atoms with E-state index in [-0.39, 0.29) is 21.1 Å². The molecule has 6 aromatic rings. The van der Waals surface area contributed by atoms with Crippen LogP contribution in [0.25, 0.3) is 33.7 Å². The smallest absolute Gasteiger partial charge is 0.414 e. The van der Waals surface area contributed by atoms with Gasteiger partial charge in [0.15, 0.2) is 0 Å². The van der Waals surface area contributed by atoms with Gasteiger partial charge in [0.05, 0.1) is 11.6 Å². The minimum atomic E-state index is -0.432. The van der Waals surface area contributed by atoms with Crippen molar-refractivity contribution in [3.63, 3.8) is 0 Å². The van der Waals surface area contributed by atoms with E-state index in [1.54, 1.807) is 12.4 Å². The van der Waals surface area contributed by atoms with Gasteiger partial charge in [0.1, 0.15) is 0 Å². The van der Waals surface area contributed by atoms with Crippen LogP contribution in [0.1, 0.15) is 25.2 Å². The van der Waals surface area contributed by atoms with Gasteiger partial charge in [-0.2, -0.15) is 0 Å². The van der Waals surface area contributed by atoms with Crippen molar-refractivity contribution in [1.29, 1.82) is 0 Å². The van der Waals surface area contributed by atoms with Crippen molar-refractivity contribution in [2.75, 3.05) is 0 Å². The molecule has 0 saturated carbocycles. The van der Waals surface area contributed by atoms with Gasteiger partial charge in [-0.25, -0.2) is 0 Å². The Bertz CT molecular complexity index is 1490. The van der Waals surface area contributed by atoms with Crippen LogP contribution in [0.15, 0.2) is 85.2 Å². The summed E-state index contributed by atoms with van der Waals surface area (Å²) in [6.45, 7) is 4.27. The zero-order chi connectivity index (χ0) is 22.4. The number of hydrogen-bond donors (Lipinski definition) is 0. The third-order valence-electron chi connectivity index (χ3n) is 5.96. The first-order chi connectivity index (χ1) is 16.1. The second-order valence-electron chi connectivity index (χ2n) is 8.44. The monoisotopic (exact) mass is 623 g/mol. The molecule has 6 rings (SSSR count). The largest absolute Gasteiger partial charge is 2.00 e. The Kier molecular flexibility index (Phi) is 5.62. The second-order valence-corrected chi connectivity index (χ2v) is 8.44. The normalized spacial score (nSPS) is 11.6. The van der Waals surface area contributed by atoms with Crippen molar-refractivity contribution in [1.82, 2.24) is 29.1 Å². The third kappa shape index (κ3) is 3.64. The molecule has 0 amide bonds. The predicted molar refractivity (Wildman–Crippen MR) is 128 cm³/mol. The van der Waals surface area contributed by atoms with Crippen LogP contribution < -0.4 is 0 Å². The van der Waals surface area contributed by atoms with Crippen LogP contribution in [0.2, 0.25) is 0 Å². The third-order valence-corrected chi connectivity index (χ3v) is 5.96. The van der Waals surface area contributed by atoms with Gasteiger partial charge in [-0.05, 0) is 26.0 Å². The fourth-order valence-corrected chi connectivity index (χ4v) is 4.08. The van der Waals surface area contributed by atoms with Crippen molar-refractivity contribution in [3.8, 4) is 11.6 Å². The molecule has 6 aromatic heterocycles. The molecule has 6 heterocycles. The molecule has 34 heavy (non-hydrogen) atoms. The van der Waals surface area contributed by atoms with Crippen LogP contribution >= 0.6 is 0 Å². The molecule has 168 valence electrons. The van der Waals surface area contributed by atoms with Gasteiger partial charge < -0.3 is 9.13 Å². The fourth-order valence-electron chi connectivity index (χ4n) is 4.08. The minimum Gasteiger partial charge on any atom is -0.414 e. The molecule has 0 atom stereocenters. The van der Waals surface area contributed by atoms with E-state index >= 15 is 0 Å². The molecule has 0 aliphatic rings. The maximum Gasteiger partial charge on any atom is 2.00 e. The number of rotatable bonds is 4. The van der Waals surface area contributed by atoms with Crippen LogP contribution in [0, 0.1) is 12.4 Å². The van der Waals surface area contributed by atoms with Gasteiger partial charge in [0.2, 0.25) is 0 Å². The summed E-state index contributed by atoms with van der Waals surface area (Å²) in [5.41, 5.74) is 3.06. The van der Waals surface area contributed by atoms with Crippen LogP contribution in [-0.4, -0.2) is 29.1 Å². The molecule has 0 spiro atoms. The van der Waals surface area contributed by atoms with Crippen molar-refractivity contribution >= 4 is 22.1 Å². The molecule has 0 aliphatic heterocycles. The maximum absolute atomic E-state index is 4.98. The van der Waals surface area contributed by atoms with Crippen LogP contribution in [0.5, 0.6) is 0 Å². The summed E-state index contributed by atoms with van der Waals surface area (Å²) in [6.07, 6.45) is 10.1. The van der Waals surface area contributed by atoms with Gasteiger partial charge in [-0.1, -0.05) is 59.6 Å². The molecular weight excluding hydrogens is 603 g/mol. The quantitative estimate of drug-likeness (QED) is 0.257. The van der Waals surface area contributed by atoms with E-state index in [2.05, 4.69) is 36.2 Å². The van der Waals surface area contributed by atoms with Gasteiger partial charge in [0, 0.05) is 40.5 Å². The topological polar surface area (TPSA) is 61.4 Å². The van der Waals surface area contributed by atoms with Crippen molar-refractivity contribution < 1.29 is 21.1 Å². The average molecular weight is 624 g/mol. The zero-order valence-corrected chi connectivity index (χ0v) is 20.9. The molecule has 0 fully saturated rings. The summed E-state index contributed by atoms with van der Waals surface area (Å²) < 4.78 is 3.79. The zero-order valence-electron chi connectivity index (χ0n) is 18.6. The molecule has 0 unspecified atom stereocenters. The summed E-state index contributed by atoms with van der Waals surface area (Å²) in [6, 6.07) is 23.8. The van der Waals surface area contributed by atoms with E-state index in [9.17, 15) is 0 Å². The van der Waals surface area contributed by atoms with Crippen molar-refractivity contribution in [2.45, 2.75) is 19.3 Å². The van der Waals surface area contributed by atoms with Crippen molar-refractivity contribution in [2.24, 2.45) is 0 Å². The molecule has 0 bridgehead atoms. The summed E-state index contributed by atoms with van der Waals surface area (Å²) in [7, 11) is 0. The van der Waals surface area contributed by atoms with E-state index < -0.39 is 5.41 Å². The summed E-state index contributed by atoms with van der Waals surface area (Å²) in [4.78, 5) is 19.0. The Balaban J connectivity index is 0.00000241. The average Bonchev–Trinajstić information content (AvgIpc) is 3.49. The first-order valence-electron chi connectivity index (χ1n) is 10.8. The van der Waals surface area contributed by atoms with E-state index in [4.69, 9.17) is 9.97 Å². The standard InChI is InChI=1S/C27H20N6.Pt/c1-27(2,21-9-3-11-23(30-21)32-17-13-19-7-5-15-28-25(19)32)22-10-4-12-24(31-22)33-18-14-20-8-6-16-29-26(20)33;/h3-16H,1-2H3;/q-2;+2. The van der Waals surface area contributed by atoms with Crippen LogP contribution in [-0.2, 0) is 26.5 Å². The molecule has 0 radical (unpaired) electrons. The number of fused-ring (bicyclic) bond motifs is 2. The first kappa shape index (κ1) is 22.2. The molecule has 0 saturated heterocycles. The van der Waals surface area contributed by atoms with Gasteiger partial charge in [0.25, 0.3) is 0 Å². The number of pyridine rings is 4. The SMILES string of the molecule is CC(C)(c1cccc(-n2[c-]cc3cccnc32)n1)c1cccc(-n2[c-]cc3cccnc32)n1.[Pt+2]. The van der Waals surface area contributed by atoms with E-state index in [0.717, 1.165) is 45.1 Å². The van der Waals surface area contributed by atoms with Gasteiger partial charge >= 0.3 is 21.1 Å². The number of nitrogens with zero attached hydrogens (tertiary/aromatic N) is 6. The number of hydrogen-bond acceptors (Lipinski definition) is 4. The second kappa shape index (κ2) is 8.62. The van der Waals surface area contributed by atoms with Crippen molar-refractivity contribution in [3.05, 3.63) is 109 Å². The maximum atomic E-state index is 4.98. The molecular formula is C27H20N6Pt. The minimum absolute atomic E-state index is 0. The van der Waals surface area contributed by atoms with E-state index in [1.807, 2.05) is 81.9 Å². The Morgan fingerprint density at radius 3 is 1.59 bits per heavy atom. The van der Waals surface area contributed by atoms with E-state index in [0.29, 0.717) is 0 Å². The Morgan fingerprint density at radius 1 is 0.647 bits per heavy atom. The Morgan fingerprint density at radius 2 is 1.12 bits per heavy atom. The molecule has 0 aromatic carbocycles. The predicted octanol–water partition coefficient (Wildman–Crippen LogP) is 5.08. The summed E-state index contributed by atoms with van der Waals surface area (Å²) in [5, 5.41) is 2.06. The first-order valence-corrected chi connectivity index (χ1v) is 10.8. The van der Waals surface area contributed by atoms with Crippen LogP contribution in [0.4, 0.5) is 0 Å². The Hall–Kier alpha value is -3.63. The summed E-state index contributed by atoms with van der Waals surface area (Å²) in [5.74, 6) is 1.55. The molecule has 7 heteroatoms.